The van der Waals surface area contributed by atoms with E-state index in [1.807, 2.05) is 6.07 Å². The Hall–Kier alpha value is -3.11. The molecule has 6 nitrogen and oxygen atoms in total. The lowest BCUT2D eigenvalue weighted by Crippen LogP contribution is -2.16. The van der Waals surface area contributed by atoms with E-state index in [0.29, 0.717) is 10.9 Å². The number of aromatic nitrogens is 1. The number of nitriles is 1. The fourth-order valence-corrected chi connectivity index (χ4v) is 3.52. The van der Waals surface area contributed by atoms with Crippen LogP contribution in [-0.2, 0) is 17.1 Å². The Labute approximate surface area is 138 Å². The van der Waals surface area contributed by atoms with E-state index >= 15 is 0 Å². The molecule has 0 unspecified atom stereocenters. The minimum atomic E-state index is -3.85. The molecule has 7 heteroatoms. The molecule has 0 bridgehead atoms. The number of fused-ring (bicyclic) bond motifs is 1. The summed E-state index contributed by atoms with van der Waals surface area (Å²) in [4.78, 5) is 11.7. The molecule has 24 heavy (non-hydrogen) atoms. The lowest BCUT2D eigenvalue weighted by Gasteiger charge is -2.11. The second kappa shape index (κ2) is 5.83. The van der Waals surface area contributed by atoms with Crippen LogP contribution in [0.5, 0.6) is 0 Å². The lowest BCUT2D eigenvalue weighted by atomic mass is 10.2. The molecule has 0 aliphatic carbocycles. The Kier molecular flexibility index (Phi) is 3.83. The summed E-state index contributed by atoms with van der Waals surface area (Å²) in [5, 5.41) is 9.70. The summed E-state index contributed by atoms with van der Waals surface area (Å²) in [7, 11) is -2.22. The number of para-hydroxylation sites is 1. The first-order valence-corrected chi connectivity index (χ1v) is 8.52. The smallest absolute Gasteiger partial charge is 0.261 e. The quantitative estimate of drug-likeness (QED) is 0.792. The van der Waals surface area contributed by atoms with E-state index < -0.39 is 10.0 Å². The van der Waals surface area contributed by atoms with Gasteiger partial charge in [0.15, 0.2) is 0 Å². The molecule has 1 N–H and O–H groups in total. The van der Waals surface area contributed by atoms with E-state index in [4.69, 9.17) is 5.26 Å². The molecule has 3 aromatic rings. The Bertz CT molecular complexity index is 1140. The van der Waals surface area contributed by atoms with Gasteiger partial charge in [-0.3, -0.25) is 9.52 Å². The molecular weight excluding hydrogens is 326 g/mol. The van der Waals surface area contributed by atoms with Crippen molar-refractivity contribution in [1.82, 2.24) is 4.57 Å². The van der Waals surface area contributed by atoms with Gasteiger partial charge < -0.3 is 4.57 Å². The second-order valence-corrected chi connectivity index (χ2v) is 6.90. The number of nitrogens with zero attached hydrogens (tertiary/aromatic N) is 2. The van der Waals surface area contributed by atoms with Crippen LogP contribution in [0.25, 0.3) is 10.9 Å². The van der Waals surface area contributed by atoms with Crippen LogP contribution < -0.4 is 10.3 Å². The summed E-state index contributed by atoms with van der Waals surface area (Å²) in [5.41, 5.74) is 0.933. The van der Waals surface area contributed by atoms with Crippen LogP contribution in [0.3, 0.4) is 0 Å². The van der Waals surface area contributed by atoms with E-state index in [1.54, 1.807) is 31.3 Å². The van der Waals surface area contributed by atoms with E-state index in [-0.39, 0.29) is 21.7 Å². The Morgan fingerprint density at radius 3 is 2.58 bits per heavy atom. The first-order valence-electron chi connectivity index (χ1n) is 7.04. The SMILES string of the molecule is Cn1c(=O)ccc2cc(S(=O)(=O)Nc3ccccc3C#N)ccc21. The normalized spacial score (nSPS) is 11.2. The largest absolute Gasteiger partial charge is 0.311 e. The number of hydrogen-bond donors (Lipinski definition) is 1. The van der Waals surface area contributed by atoms with E-state index in [2.05, 4.69) is 4.72 Å². The summed E-state index contributed by atoms with van der Waals surface area (Å²) in [6.07, 6.45) is 0. The summed E-state index contributed by atoms with van der Waals surface area (Å²) >= 11 is 0. The Balaban J connectivity index is 2.07. The molecule has 1 heterocycles. The fraction of sp³-hybridized carbons (Fsp3) is 0.0588. The van der Waals surface area contributed by atoms with Crippen molar-refractivity contribution in [3.05, 3.63) is 70.5 Å². The lowest BCUT2D eigenvalue weighted by molar-refractivity contribution is 0.601. The minimum Gasteiger partial charge on any atom is -0.311 e. The third-order valence-electron chi connectivity index (χ3n) is 3.70. The number of hydrogen-bond acceptors (Lipinski definition) is 4. The van der Waals surface area contributed by atoms with Crippen LogP contribution >= 0.6 is 0 Å². The van der Waals surface area contributed by atoms with Crippen LogP contribution in [0, 0.1) is 11.3 Å². The maximum absolute atomic E-state index is 12.6. The van der Waals surface area contributed by atoms with Gasteiger partial charge in [-0.1, -0.05) is 12.1 Å². The maximum atomic E-state index is 12.6. The number of nitrogens with one attached hydrogen (secondary N) is 1. The van der Waals surface area contributed by atoms with E-state index in [9.17, 15) is 13.2 Å². The molecule has 0 radical (unpaired) electrons. The van der Waals surface area contributed by atoms with Crippen LogP contribution in [0.4, 0.5) is 5.69 Å². The first-order chi connectivity index (χ1) is 11.4. The average molecular weight is 339 g/mol. The van der Waals surface area contributed by atoms with Gasteiger partial charge in [-0.25, -0.2) is 8.42 Å². The first kappa shape index (κ1) is 15.8. The van der Waals surface area contributed by atoms with Crippen molar-refractivity contribution in [3.8, 4) is 6.07 Å². The number of anilines is 1. The van der Waals surface area contributed by atoms with Gasteiger partial charge in [-0.2, -0.15) is 5.26 Å². The molecule has 3 rings (SSSR count). The number of aryl methyl sites for hydroxylation is 1. The molecule has 0 aliphatic heterocycles. The zero-order chi connectivity index (χ0) is 17.3. The van der Waals surface area contributed by atoms with Crippen molar-refractivity contribution < 1.29 is 8.42 Å². The Morgan fingerprint density at radius 2 is 1.83 bits per heavy atom. The standard InChI is InChI=1S/C17H13N3O3S/c1-20-16-8-7-14(10-12(16)6-9-17(20)21)24(22,23)19-15-5-3-2-4-13(15)11-18/h2-10,19H,1H3. The topological polar surface area (TPSA) is 92.0 Å². The zero-order valence-corrected chi connectivity index (χ0v) is 13.5. The highest BCUT2D eigenvalue weighted by atomic mass is 32.2. The van der Waals surface area contributed by atoms with E-state index in [1.165, 1.54) is 34.9 Å². The average Bonchev–Trinajstić information content (AvgIpc) is 2.58. The summed E-state index contributed by atoms with van der Waals surface area (Å²) in [6, 6.07) is 15.8. The van der Waals surface area contributed by atoms with Gasteiger partial charge in [0.25, 0.3) is 15.6 Å². The molecule has 0 amide bonds. The van der Waals surface area contributed by atoms with Crippen LogP contribution in [-0.4, -0.2) is 13.0 Å². The van der Waals surface area contributed by atoms with Gasteiger partial charge in [0.05, 0.1) is 21.7 Å². The molecule has 0 spiro atoms. The van der Waals surface area contributed by atoms with Crippen molar-refractivity contribution in [1.29, 1.82) is 5.26 Å². The van der Waals surface area contributed by atoms with Crippen molar-refractivity contribution in [2.75, 3.05) is 4.72 Å². The summed E-state index contributed by atoms with van der Waals surface area (Å²) < 4.78 is 29.0. The highest BCUT2D eigenvalue weighted by Crippen LogP contribution is 2.22. The number of pyridine rings is 1. The Morgan fingerprint density at radius 1 is 1.08 bits per heavy atom. The number of sulfonamides is 1. The van der Waals surface area contributed by atoms with Crippen molar-refractivity contribution in [2.45, 2.75) is 4.90 Å². The van der Waals surface area contributed by atoms with Crippen LogP contribution in [0.15, 0.2) is 64.3 Å². The van der Waals surface area contributed by atoms with Gasteiger partial charge in [-0.05, 0) is 41.8 Å². The van der Waals surface area contributed by atoms with Gasteiger partial charge in [-0.15, -0.1) is 0 Å². The molecule has 120 valence electrons. The van der Waals surface area contributed by atoms with Crippen molar-refractivity contribution in [2.24, 2.45) is 7.05 Å². The molecule has 1 aromatic heterocycles. The fourth-order valence-electron chi connectivity index (χ4n) is 2.40. The van der Waals surface area contributed by atoms with Gasteiger partial charge >= 0.3 is 0 Å². The third-order valence-corrected chi connectivity index (χ3v) is 5.06. The van der Waals surface area contributed by atoms with Crippen LogP contribution in [0.1, 0.15) is 5.56 Å². The molecule has 0 saturated carbocycles. The highest BCUT2D eigenvalue weighted by molar-refractivity contribution is 7.92. The molecule has 0 fully saturated rings. The third kappa shape index (κ3) is 2.75. The number of rotatable bonds is 3. The molecule has 2 aromatic carbocycles. The van der Waals surface area contributed by atoms with Crippen LogP contribution in [0.2, 0.25) is 0 Å². The van der Waals surface area contributed by atoms with E-state index in [0.717, 1.165) is 0 Å². The molecular formula is C17H13N3O3S. The van der Waals surface area contributed by atoms with Crippen molar-refractivity contribution >= 4 is 26.6 Å². The second-order valence-electron chi connectivity index (χ2n) is 5.21. The van der Waals surface area contributed by atoms with Gasteiger partial charge in [0, 0.05) is 13.1 Å². The van der Waals surface area contributed by atoms with Gasteiger partial charge in [0.2, 0.25) is 0 Å². The number of benzene rings is 2. The monoisotopic (exact) mass is 339 g/mol. The molecule has 0 aliphatic rings. The minimum absolute atomic E-state index is 0.0568. The predicted octanol–water partition coefficient (Wildman–Crippen LogP) is 2.21. The maximum Gasteiger partial charge on any atom is 0.261 e. The van der Waals surface area contributed by atoms with Gasteiger partial charge in [0.1, 0.15) is 6.07 Å². The molecule has 0 saturated heterocycles. The predicted molar refractivity (Wildman–Crippen MR) is 91.2 cm³/mol. The van der Waals surface area contributed by atoms with Crippen molar-refractivity contribution in [3.63, 3.8) is 0 Å². The zero-order valence-electron chi connectivity index (χ0n) is 12.7. The molecule has 0 atom stereocenters. The highest BCUT2D eigenvalue weighted by Gasteiger charge is 2.16. The summed E-state index contributed by atoms with van der Waals surface area (Å²) in [6.45, 7) is 0. The summed E-state index contributed by atoms with van der Waals surface area (Å²) in [5.74, 6) is 0.